The first-order valence-corrected chi connectivity index (χ1v) is 7.33. The lowest BCUT2D eigenvalue weighted by atomic mass is 10.4. The van der Waals surface area contributed by atoms with E-state index in [1.54, 1.807) is 17.4 Å². The standard InChI is InChI=1S/C14H18N8O/c1-21(14-12-13(17-9-16-12)18-10-19-14)8-11(23)15-4-2-6-22-7-3-5-20-22/h3,5,7,9-10H,2,4,6,8H2,1H3,(H,15,23)(H,16,17,18,19). The third kappa shape index (κ3) is 3.62. The van der Waals surface area contributed by atoms with Gasteiger partial charge in [-0.1, -0.05) is 0 Å². The van der Waals surface area contributed by atoms with Crippen LogP contribution in [-0.2, 0) is 11.3 Å². The Morgan fingerprint density at radius 2 is 2.30 bits per heavy atom. The molecule has 9 heteroatoms. The minimum absolute atomic E-state index is 0.0563. The summed E-state index contributed by atoms with van der Waals surface area (Å²) in [6, 6.07) is 1.88. The molecule has 0 aliphatic carbocycles. The highest BCUT2D eigenvalue weighted by atomic mass is 16.2. The number of nitrogens with zero attached hydrogens (tertiary/aromatic N) is 6. The van der Waals surface area contributed by atoms with Crippen LogP contribution in [0.2, 0.25) is 0 Å². The summed E-state index contributed by atoms with van der Waals surface area (Å²) in [5, 5.41) is 7.01. The van der Waals surface area contributed by atoms with E-state index in [1.807, 2.05) is 24.0 Å². The van der Waals surface area contributed by atoms with Crippen molar-refractivity contribution in [3.8, 4) is 0 Å². The van der Waals surface area contributed by atoms with Crippen molar-refractivity contribution in [2.75, 3.05) is 25.0 Å². The van der Waals surface area contributed by atoms with Gasteiger partial charge in [-0.05, 0) is 12.5 Å². The predicted octanol–water partition coefficient (Wildman–Crippen LogP) is 0.192. The van der Waals surface area contributed by atoms with Crippen molar-refractivity contribution in [1.29, 1.82) is 0 Å². The minimum atomic E-state index is -0.0563. The molecule has 3 rings (SSSR count). The van der Waals surface area contributed by atoms with Crippen molar-refractivity contribution >= 4 is 22.9 Å². The van der Waals surface area contributed by atoms with Crippen LogP contribution in [0.1, 0.15) is 6.42 Å². The minimum Gasteiger partial charge on any atom is -0.354 e. The fourth-order valence-corrected chi connectivity index (χ4v) is 2.29. The SMILES string of the molecule is CN(CC(=O)NCCCn1cccn1)c1ncnc2nc[nH]c12. The van der Waals surface area contributed by atoms with E-state index in [0.29, 0.717) is 18.0 Å². The highest BCUT2D eigenvalue weighted by molar-refractivity contribution is 5.86. The smallest absolute Gasteiger partial charge is 0.239 e. The van der Waals surface area contributed by atoms with Gasteiger partial charge in [0.1, 0.15) is 11.8 Å². The Bertz CT molecular complexity index is 766. The Hall–Kier alpha value is -2.97. The third-order valence-electron chi connectivity index (χ3n) is 3.39. The molecular weight excluding hydrogens is 296 g/mol. The number of fused-ring (bicyclic) bond motifs is 1. The number of rotatable bonds is 7. The molecule has 0 atom stereocenters. The van der Waals surface area contributed by atoms with Crippen molar-refractivity contribution in [2.45, 2.75) is 13.0 Å². The van der Waals surface area contributed by atoms with E-state index in [2.05, 4.69) is 30.4 Å². The lowest BCUT2D eigenvalue weighted by Gasteiger charge is -2.17. The molecule has 3 aromatic heterocycles. The molecule has 0 saturated heterocycles. The molecule has 9 nitrogen and oxygen atoms in total. The van der Waals surface area contributed by atoms with Gasteiger partial charge in [0.05, 0.1) is 12.9 Å². The van der Waals surface area contributed by atoms with Gasteiger partial charge in [0, 0.05) is 32.5 Å². The van der Waals surface area contributed by atoms with Crippen LogP contribution < -0.4 is 10.2 Å². The van der Waals surface area contributed by atoms with Crippen LogP contribution in [0.25, 0.3) is 11.2 Å². The van der Waals surface area contributed by atoms with Crippen LogP contribution in [0.15, 0.2) is 31.1 Å². The Balaban J connectivity index is 1.48. The van der Waals surface area contributed by atoms with Gasteiger partial charge in [0.2, 0.25) is 5.91 Å². The summed E-state index contributed by atoms with van der Waals surface area (Å²) in [7, 11) is 1.81. The number of carbonyl (C=O) groups is 1. The molecule has 0 aromatic carbocycles. The van der Waals surface area contributed by atoms with Gasteiger partial charge in [-0.3, -0.25) is 9.48 Å². The largest absolute Gasteiger partial charge is 0.354 e. The number of H-pyrrole nitrogens is 1. The normalized spacial score (nSPS) is 10.8. The van der Waals surface area contributed by atoms with Crippen molar-refractivity contribution in [3.63, 3.8) is 0 Å². The Labute approximate surface area is 132 Å². The fraction of sp³-hybridized carbons (Fsp3) is 0.357. The highest BCUT2D eigenvalue weighted by Gasteiger charge is 2.13. The molecule has 0 spiro atoms. The van der Waals surface area contributed by atoms with E-state index in [1.165, 1.54) is 6.33 Å². The maximum absolute atomic E-state index is 12.0. The Kier molecular flexibility index (Phi) is 4.46. The lowest BCUT2D eigenvalue weighted by Crippen LogP contribution is -2.36. The topological polar surface area (TPSA) is 105 Å². The van der Waals surface area contributed by atoms with Gasteiger partial charge in [-0.25, -0.2) is 15.0 Å². The van der Waals surface area contributed by atoms with E-state index < -0.39 is 0 Å². The van der Waals surface area contributed by atoms with Gasteiger partial charge in [-0.2, -0.15) is 5.10 Å². The maximum atomic E-state index is 12.0. The van der Waals surface area contributed by atoms with Gasteiger partial charge in [0.25, 0.3) is 0 Å². The van der Waals surface area contributed by atoms with E-state index in [9.17, 15) is 4.79 Å². The van der Waals surface area contributed by atoms with Crippen LogP contribution in [0.4, 0.5) is 5.82 Å². The van der Waals surface area contributed by atoms with Gasteiger partial charge in [-0.15, -0.1) is 0 Å². The number of aryl methyl sites for hydroxylation is 1. The fourth-order valence-electron chi connectivity index (χ4n) is 2.29. The second-order valence-corrected chi connectivity index (χ2v) is 5.13. The van der Waals surface area contributed by atoms with Gasteiger partial charge in [0.15, 0.2) is 11.5 Å². The molecule has 23 heavy (non-hydrogen) atoms. The third-order valence-corrected chi connectivity index (χ3v) is 3.39. The van der Waals surface area contributed by atoms with E-state index in [4.69, 9.17) is 0 Å². The van der Waals surface area contributed by atoms with Crippen molar-refractivity contribution in [3.05, 3.63) is 31.1 Å². The number of nitrogens with one attached hydrogen (secondary N) is 2. The Morgan fingerprint density at radius 1 is 1.39 bits per heavy atom. The molecule has 0 saturated carbocycles. The molecule has 0 radical (unpaired) electrons. The quantitative estimate of drug-likeness (QED) is 0.603. The van der Waals surface area contributed by atoms with Crippen LogP contribution in [0.3, 0.4) is 0 Å². The van der Waals surface area contributed by atoms with Crippen LogP contribution >= 0.6 is 0 Å². The molecule has 0 aliphatic rings. The molecule has 0 aliphatic heterocycles. The second-order valence-electron chi connectivity index (χ2n) is 5.13. The number of anilines is 1. The molecule has 120 valence electrons. The van der Waals surface area contributed by atoms with Crippen LogP contribution in [0, 0.1) is 0 Å². The molecule has 3 heterocycles. The van der Waals surface area contributed by atoms with Crippen LogP contribution in [0.5, 0.6) is 0 Å². The Morgan fingerprint density at radius 3 is 3.13 bits per heavy atom. The molecule has 0 fully saturated rings. The van der Waals surface area contributed by atoms with E-state index in [-0.39, 0.29) is 12.5 Å². The van der Waals surface area contributed by atoms with E-state index >= 15 is 0 Å². The number of carbonyl (C=O) groups excluding carboxylic acids is 1. The lowest BCUT2D eigenvalue weighted by molar-refractivity contribution is -0.119. The summed E-state index contributed by atoms with van der Waals surface area (Å²) in [5.74, 6) is 0.596. The molecule has 1 amide bonds. The summed E-state index contributed by atoms with van der Waals surface area (Å²) in [6.07, 6.45) is 7.48. The number of imidazole rings is 1. The van der Waals surface area contributed by atoms with Crippen LogP contribution in [-0.4, -0.2) is 55.8 Å². The monoisotopic (exact) mass is 314 g/mol. The molecule has 0 bridgehead atoms. The molecule has 0 unspecified atom stereocenters. The average Bonchev–Trinajstić information content (AvgIpc) is 3.22. The first-order chi connectivity index (χ1) is 11.2. The van der Waals surface area contributed by atoms with Crippen molar-refractivity contribution < 1.29 is 4.79 Å². The number of likely N-dealkylation sites (N-methyl/N-ethyl adjacent to an activating group) is 1. The highest BCUT2D eigenvalue weighted by Crippen LogP contribution is 2.17. The number of amides is 1. The predicted molar refractivity (Wildman–Crippen MR) is 84.8 cm³/mol. The summed E-state index contributed by atoms with van der Waals surface area (Å²) in [4.78, 5) is 29.1. The summed E-state index contributed by atoms with van der Waals surface area (Å²) in [6.45, 7) is 1.60. The maximum Gasteiger partial charge on any atom is 0.239 e. The first kappa shape index (κ1) is 14.9. The van der Waals surface area contributed by atoms with Gasteiger partial charge >= 0.3 is 0 Å². The first-order valence-electron chi connectivity index (χ1n) is 7.33. The van der Waals surface area contributed by atoms with E-state index in [0.717, 1.165) is 18.5 Å². The van der Waals surface area contributed by atoms with Crippen molar-refractivity contribution in [1.82, 2.24) is 35.0 Å². The van der Waals surface area contributed by atoms with Crippen molar-refractivity contribution in [2.24, 2.45) is 0 Å². The summed E-state index contributed by atoms with van der Waals surface area (Å²) >= 11 is 0. The molecular formula is C14H18N8O. The zero-order valence-corrected chi connectivity index (χ0v) is 12.8. The average molecular weight is 314 g/mol. The zero-order chi connectivity index (χ0) is 16.1. The second kappa shape index (κ2) is 6.86. The number of hydrogen-bond donors (Lipinski definition) is 2. The number of aromatic nitrogens is 6. The number of hydrogen-bond acceptors (Lipinski definition) is 6. The van der Waals surface area contributed by atoms with Gasteiger partial charge < -0.3 is 15.2 Å². The molecule has 2 N–H and O–H groups in total. The molecule has 3 aromatic rings. The zero-order valence-electron chi connectivity index (χ0n) is 12.8. The summed E-state index contributed by atoms with van der Waals surface area (Å²) < 4.78 is 1.84. The summed E-state index contributed by atoms with van der Waals surface area (Å²) in [5.41, 5.74) is 1.31. The number of aromatic amines is 1.